The third-order valence-corrected chi connectivity index (χ3v) is 4.95. The van der Waals surface area contributed by atoms with Gasteiger partial charge in [0, 0.05) is 16.8 Å². The van der Waals surface area contributed by atoms with E-state index in [9.17, 15) is 9.59 Å². The van der Waals surface area contributed by atoms with Gasteiger partial charge in [0.1, 0.15) is 11.3 Å². The standard InChI is InChI=1S/C22H15Cl2NO5/c1-28-18-4-2-3-15-21(27)14-7-6-13(10-19(14)30-22(15)18)25-20(26)11-29-17-8-5-12(23)9-16(17)24/h2-10H,11H2,1H3,(H,25,26). The van der Waals surface area contributed by atoms with Crippen molar-refractivity contribution in [2.75, 3.05) is 19.0 Å². The highest BCUT2D eigenvalue weighted by atomic mass is 35.5. The summed E-state index contributed by atoms with van der Waals surface area (Å²) in [5, 5.41) is 4.31. The van der Waals surface area contributed by atoms with Crippen LogP contribution in [0, 0.1) is 0 Å². The first-order chi connectivity index (χ1) is 14.5. The second-order valence-electron chi connectivity index (χ2n) is 6.39. The van der Waals surface area contributed by atoms with Crippen LogP contribution in [0.5, 0.6) is 11.5 Å². The van der Waals surface area contributed by atoms with Crippen LogP contribution in [0.1, 0.15) is 0 Å². The van der Waals surface area contributed by atoms with Gasteiger partial charge in [-0.1, -0.05) is 29.3 Å². The van der Waals surface area contributed by atoms with E-state index in [4.69, 9.17) is 37.1 Å². The Labute approximate surface area is 180 Å². The summed E-state index contributed by atoms with van der Waals surface area (Å²) in [6.45, 7) is -0.255. The SMILES string of the molecule is COc1cccc2c(=O)c3ccc(NC(=O)COc4ccc(Cl)cc4Cl)cc3oc12. The molecule has 0 saturated carbocycles. The van der Waals surface area contributed by atoms with E-state index >= 15 is 0 Å². The molecule has 0 atom stereocenters. The number of hydrogen-bond donors (Lipinski definition) is 1. The van der Waals surface area contributed by atoms with E-state index in [1.807, 2.05) is 0 Å². The number of para-hydroxylation sites is 1. The lowest BCUT2D eigenvalue weighted by atomic mass is 10.1. The Bertz CT molecular complexity index is 1330. The molecule has 4 aromatic rings. The highest BCUT2D eigenvalue weighted by Crippen LogP contribution is 2.29. The van der Waals surface area contributed by atoms with Crippen molar-refractivity contribution in [3.05, 3.63) is 74.9 Å². The van der Waals surface area contributed by atoms with Gasteiger partial charge in [0.2, 0.25) is 5.43 Å². The van der Waals surface area contributed by atoms with Crippen LogP contribution in [0.3, 0.4) is 0 Å². The second-order valence-corrected chi connectivity index (χ2v) is 7.23. The normalized spacial score (nSPS) is 10.9. The van der Waals surface area contributed by atoms with Crippen molar-refractivity contribution in [2.24, 2.45) is 0 Å². The first kappa shape index (κ1) is 20.1. The maximum atomic E-state index is 12.8. The van der Waals surface area contributed by atoms with E-state index in [2.05, 4.69) is 5.32 Å². The van der Waals surface area contributed by atoms with Crippen LogP contribution in [0.15, 0.2) is 63.8 Å². The van der Waals surface area contributed by atoms with E-state index in [0.717, 1.165) is 0 Å². The van der Waals surface area contributed by atoms with Crippen LogP contribution < -0.4 is 20.2 Å². The number of benzene rings is 3. The van der Waals surface area contributed by atoms with Gasteiger partial charge in [0.25, 0.3) is 5.91 Å². The molecule has 6 nitrogen and oxygen atoms in total. The largest absolute Gasteiger partial charge is 0.493 e. The third kappa shape index (κ3) is 3.92. The van der Waals surface area contributed by atoms with Crippen LogP contribution >= 0.6 is 23.2 Å². The van der Waals surface area contributed by atoms with Gasteiger partial charge >= 0.3 is 0 Å². The lowest BCUT2D eigenvalue weighted by molar-refractivity contribution is -0.118. The molecule has 1 heterocycles. The molecule has 0 bridgehead atoms. The van der Waals surface area contributed by atoms with Crippen molar-refractivity contribution in [1.29, 1.82) is 0 Å². The molecule has 8 heteroatoms. The molecule has 3 aromatic carbocycles. The van der Waals surface area contributed by atoms with E-state index in [0.29, 0.717) is 49.2 Å². The van der Waals surface area contributed by atoms with Gasteiger partial charge in [0.15, 0.2) is 17.9 Å². The Hall–Kier alpha value is -3.22. The van der Waals surface area contributed by atoms with Crippen molar-refractivity contribution in [2.45, 2.75) is 0 Å². The summed E-state index contributed by atoms with van der Waals surface area (Å²) in [6.07, 6.45) is 0. The number of halogens is 2. The Morgan fingerprint density at radius 1 is 1.03 bits per heavy atom. The Balaban J connectivity index is 1.57. The number of carbonyl (C=O) groups excluding carboxylic acids is 1. The van der Waals surface area contributed by atoms with Crippen LogP contribution in [0.2, 0.25) is 10.0 Å². The van der Waals surface area contributed by atoms with Crippen molar-refractivity contribution < 1.29 is 18.7 Å². The molecule has 152 valence electrons. The number of amides is 1. The van der Waals surface area contributed by atoms with E-state index in [-0.39, 0.29) is 12.0 Å². The number of ether oxygens (including phenoxy) is 2. The molecule has 0 spiro atoms. The molecule has 1 N–H and O–H groups in total. The zero-order valence-corrected chi connectivity index (χ0v) is 17.2. The molecule has 4 rings (SSSR count). The molecule has 0 radical (unpaired) electrons. The van der Waals surface area contributed by atoms with Crippen molar-refractivity contribution in [3.63, 3.8) is 0 Å². The molecule has 0 aliphatic carbocycles. The minimum absolute atomic E-state index is 0.177. The molecule has 0 fully saturated rings. The first-order valence-electron chi connectivity index (χ1n) is 8.87. The van der Waals surface area contributed by atoms with Crippen molar-refractivity contribution in [3.8, 4) is 11.5 Å². The fraction of sp³-hybridized carbons (Fsp3) is 0.0909. The Morgan fingerprint density at radius 2 is 1.87 bits per heavy atom. The maximum absolute atomic E-state index is 12.8. The molecule has 0 aliphatic heterocycles. The molecule has 1 aromatic heterocycles. The Morgan fingerprint density at radius 3 is 2.63 bits per heavy atom. The minimum Gasteiger partial charge on any atom is -0.493 e. The lowest BCUT2D eigenvalue weighted by Gasteiger charge is -2.10. The fourth-order valence-corrected chi connectivity index (χ4v) is 3.48. The third-order valence-electron chi connectivity index (χ3n) is 4.42. The molecular weight excluding hydrogens is 429 g/mol. The number of carbonyl (C=O) groups is 1. The average Bonchev–Trinajstić information content (AvgIpc) is 2.73. The van der Waals surface area contributed by atoms with Crippen LogP contribution in [-0.4, -0.2) is 19.6 Å². The van der Waals surface area contributed by atoms with Crippen LogP contribution in [0.25, 0.3) is 21.9 Å². The van der Waals surface area contributed by atoms with E-state index in [1.165, 1.54) is 13.2 Å². The molecule has 0 unspecified atom stereocenters. The number of hydrogen-bond acceptors (Lipinski definition) is 5. The monoisotopic (exact) mass is 443 g/mol. The number of rotatable bonds is 5. The van der Waals surface area contributed by atoms with Gasteiger partial charge < -0.3 is 19.2 Å². The molecule has 1 amide bonds. The number of fused-ring (bicyclic) bond motifs is 2. The number of methoxy groups -OCH3 is 1. The summed E-state index contributed by atoms with van der Waals surface area (Å²) < 4.78 is 16.6. The summed E-state index contributed by atoms with van der Waals surface area (Å²) in [6, 6.07) is 14.7. The highest BCUT2D eigenvalue weighted by Gasteiger charge is 2.13. The van der Waals surface area contributed by atoms with Gasteiger partial charge in [-0.3, -0.25) is 9.59 Å². The van der Waals surface area contributed by atoms with Crippen molar-refractivity contribution in [1.82, 2.24) is 0 Å². The van der Waals surface area contributed by atoms with Crippen LogP contribution in [0.4, 0.5) is 5.69 Å². The van der Waals surface area contributed by atoms with Gasteiger partial charge in [-0.05, 0) is 42.5 Å². The summed E-state index contributed by atoms with van der Waals surface area (Å²) in [5.41, 5.74) is 0.956. The lowest BCUT2D eigenvalue weighted by Crippen LogP contribution is -2.20. The Kier molecular flexibility index (Phi) is 5.53. The van der Waals surface area contributed by atoms with Gasteiger partial charge in [-0.15, -0.1) is 0 Å². The van der Waals surface area contributed by atoms with Gasteiger partial charge in [0.05, 0.1) is 22.9 Å². The van der Waals surface area contributed by atoms with Crippen LogP contribution in [-0.2, 0) is 4.79 Å². The highest BCUT2D eigenvalue weighted by molar-refractivity contribution is 6.35. The smallest absolute Gasteiger partial charge is 0.262 e. The van der Waals surface area contributed by atoms with E-state index < -0.39 is 5.91 Å². The number of anilines is 1. The topological polar surface area (TPSA) is 77.8 Å². The summed E-state index contributed by atoms with van der Waals surface area (Å²) >= 11 is 11.9. The molecule has 30 heavy (non-hydrogen) atoms. The zero-order valence-electron chi connectivity index (χ0n) is 15.7. The predicted molar refractivity (Wildman–Crippen MR) is 117 cm³/mol. The van der Waals surface area contributed by atoms with Gasteiger partial charge in [-0.25, -0.2) is 0 Å². The predicted octanol–water partition coefficient (Wildman–Crippen LogP) is 5.28. The van der Waals surface area contributed by atoms with E-state index in [1.54, 1.807) is 48.5 Å². The second kappa shape index (κ2) is 8.26. The summed E-state index contributed by atoms with van der Waals surface area (Å²) in [7, 11) is 1.50. The van der Waals surface area contributed by atoms with Crippen molar-refractivity contribution >= 4 is 56.7 Å². The summed E-state index contributed by atoms with van der Waals surface area (Å²) in [5.74, 6) is 0.398. The average molecular weight is 444 g/mol. The summed E-state index contributed by atoms with van der Waals surface area (Å²) in [4.78, 5) is 25.0. The fourth-order valence-electron chi connectivity index (χ4n) is 3.02. The zero-order chi connectivity index (χ0) is 21.3. The maximum Gasteiger partial charge on any atom is 0.262 e. The molecular formula is C22H15Cl2NO5. The number of nitrogens with one attached hydrogen (secondary N) is 1. The minimum atomic E-state index is -0.402. The molecule has 0 saturated heterocycles. The first-order valence-corrected chi connectivity index (χ1v) is 9.63. The quantitative estimate of drug-likeness (QED) is 0.424. The molecule has 0 aliphatic rings. The van der Waals surface area contributed by atoms with Gasteiger partial charge in [-0.2, -0.15) is 0 Å².